The number of rotatable bonds is 5. The number of hydrogen-bond acceptors (Lipinski definition) is 6. The molecule has 0 spiro atoms. The van der Waals surface area contributed by atoms with Crippen LogP contribution in [0.2, 0.25) is 0 Å². The molecule has 1 N–H and O–H groups in total. The van der Waals surface area contributed by atoms with Gasteiger partial charge in [-0.1, -0.05) is 0 Å². The fourth-order valence-electron chi connectivity index (χ4n) is 3.67. The van der Waals surface area contributed by atoms with Crippen molar-refractivity contribution in [1.82, 2.24) is 25.3 Å². The normalized spacial score (nSPS) is 17.2. The molecule has 140 valence electrons. The summed E-state index contributed by atoms with van der Waals surface area (Å²) < 4.78 is 0. The Morgan fingerprint density at radius 3 is 2.78 bits per heavy atom. The lowest BCUT2D eigenvalue weighted by atomic mass is 9.93. The molecule has 6 nitrogen and oxygen atoms in total. The van der Waals surface area contributed by atoms with Gasteiger partial charge in [0.1, 0.15) is 11.3 Å². The quantitative estimate of drug-likeness (QED) is 0.752. The predicted molar refractivity (Wildman–Crippen MR) is 109 cm³/mol. The van der Waals surface area contributed by atoms with Gasteiger partial charge in [0.15, 0.2) is 0 Å². The Morgan fingerprint density at radius 1 is 1.15 bits per heavy atom. The number of nitrogens with zero attached hydrogens (tertiary/aromatic N) is 5. The molecule has 6 heteroatoms. The van der Waals surface area contributed by atoms with E-state index in [9.17, 15) is 0 Å². The van der Waals surface area contributed by atoms with E-state index in [0.717, 1.165) is 65.7 Å². The highest BCUT2D eigenvalue weighted by atomic mass is 15.1. The monoisotopic (exact) mass is 362 g/mol. The summed E-state index contributed by atoms with van der Waals surface area (Å²) in [5.41, 5.74) is 4.78. The van der Waals surface area contributed by atoms with Crippen LogP contribution in [0.3, 0.4) is 0 Å². The van der Waals surface area contributed by atoms with Crippen molar-refractivity contribution in [2.45, 2.75) is 25.7 Å². The van der Waals surface area contributed by atoms with Crippen LogP contribution >= 0.6 is 0 Å². The van der Waals surface area contributed by atoms with Crippen LogP contribution in [-0.4, -0.2) is 47.1 Å². The minimum Gasteiger partial charge on any atom is -0.363 e. The highest BCUT2D eigenvalue weighted by Gasteiger charge is 2.16. The molecule has 0 amide bonds. The van der Waals surface area contributed by atoms with Gasteiger partial charge in [-0.2, -0.15) is 0 Å². The third-order valence-corrected chi connectivity index (χ3v) is 5.22. The second kappa shape index (κ2) is 7.96. The zero-order chi connectivity index (χ0) is 18.6. The molecular weight excluding hydrogens is 336 g/mol. The van der Waals surface area contributed by atoms with Crippen molar-refractivity contribution in [2.75, 3.05) is 32.1 Å². The molecular formula is C21H26N6. The van der Waals surface area contributed by atoms with Crippen molar-refractivity contribution in [1.29, 1.82) is 0 Å². The third kappa shape index (κ3) is 4.06. The smallest absolute Gasteiger partial charge is 0.127 e. The number of aryl methyl sites for hydroxylation is 1. The number of hydrogen-bond donors (Lipinski definition) is 1. The molecule has 4 heterocycles. The molecule has 1 saturated heterocycles. The Kier molecular flexibility index (Phi) is 5.25. The number of piperidine rings is 1. The van der Waals surface area contributed by atoms with E-state index in [0.29, 0.717) is 0 Å². The van der Waals surface area contributed by atoms with Crippen LogP contribution in [0.25, 0.3) is 22.3 Å². The van der Waals surface area contributed by atoms with Crippen LogP contribution in [0.15, 0.2) is 36.8 Å². The minimum atomic E-state index is 0.719. The Morgan fingerprint density at radius 2 is 2.04 bits per heavy atom. The first-order chi connectivity index (χ1) is 13.2. The third-order valence-electron chi connectivity index (χ3n) is 5.22. The van der Waals surface area contributed by atoms with Crippen LogP contribution in [0.4, 0.5) is 5.82 Å². The molecule has 0 bridgehead atoms. The van der Waals surface area contributed by atoms with Crippen molar-refractivity contribution in [3.05, 3.63) is 42.5 Å². The summed E-state index contributed by atoms with van der Waals surface area (Å²) in [7, 11) is 3.98. The van der Waals surface area contributed by atoms with Gasteiger partial charge in [-0.3, -0.25) is 15.0 Å². The van der Waals surface area contributed by atoms with E-state index in [1.54, 1.807) is 12.4 Å². The number of pyridine rings is 2. The van der Waals surface area contributed by atoms with Crippen LogP contribution in [-0.2, 0) is 6.42 Å². The van der Waals surface area contributed by atoms with Gasteiger partial charge in [0.2, 0.25) is 0 Å². The van der Waals surface area contributed by atoms with Crippen molar-refractivity contribution < 1.29 is 0 Å². The number of nitrogens with one attached hydrogen (secondary N) is 1. The van der Waals surface area contributed by atoms with E-state index in [2.05, 4.69) is 26.3 Å². The van der Waals surface area contributed by atoms with E-state index in [-0.39, 0.29) is 0 Å². The van der Waals surface area contributed by atoms with Gasteiger partial charge in [-0.05, 0) is 62.9 Å². The highest BCUT2D eigenvalue weighted by molar-refractivity contribution is 5.81. The maximum Gasteiger partial charge on any atom is 0.127 e. The fraction of sp³-hybridized carbons (Fsp3) is 0.429. The molecule has 1 aliphatic heterocycles. The summed E-state index contributed by atoms with van der Waals surface area (Å²) in [5, 5.41) is 3.50. The van der Waals surface area contributed by atoms with E-state index in [1.807, 2.05) is 37.3 Å². The lowest BCUT2D eigenvalue weighted by Gasteiger charge is -2.22. The van der Waals surface area contributed by atoms with Crippen molar-refractivity contribution in [3.8, 4) is 11.3 Å². The lowest BCUT2D eigenvalue weighted by Crippen LogP contribution is -2.30. The topological polar surface area (TPSA) is 66.8 Å². The van der Waals surface area contributed by atoms with Crippen LogP contribution in [0.1, 0.15) is 25.0 Å². The zero-order valence-electron chi connectivity index (χ0n) is 16.0. The average molecular weight is 362 g/mol. The molecule has 0 aliphatic carbocycles. The molecule has 3 aromatic heterocycles. The molecule has 1 atom stereocenters. The standard InChI is InChI=1S/C21H26N6/c1-27(2)20-8-6-16(14-25-20)18-12-19-21(24-11-10-23-19)17(26-18)7-5-15-4-3-9-22-13-15/h6,8,10-12,14-15,22H,3-5,7,9,13H2,1-2H3. The first-order valence-corrected chi connectivity index (χ1v) is 9.66. The van der Waals surface area contributed by atoms with Crippen molar-refractivity contribution in [2.24, 2.45) is 5.92 Å². The van der Waals surface area contributed by atoms with Gasteiger partial charge in [0, 0.05) is 38.2 Å². The van der Waals surface area contributed by atoms with E-state index in [1.165, 1.54) is 12.8 Å². The Bertz CT molecular complexity index is 900. The molecule has 3 aromatic rings. The lowest BCUT2D eigenvalue weighted by molar-refractivity contribution is 0.357. The van der Waals surface area contributed by atoms with Crippen LogP contribution < -0.4 is 10.2 Å². The van der Waals surface area contributed by atoms with E-state index < -0.39 is 0 Å². The summed E-state index contributed by atoms with van der Waals surface area (Å²) in [4.78, 5) is 20.6. The molecule has 4 rings (SSSR count). The van der Waals surface area contributed by atoms with Gasteiger partial charge in [-0.25, -0.2) is 4.98 Å². The van der Waals surface area contributed by atoms with E-state index >= 15 is 0 Å². The minimum absolute atomic E-state index is 0.719. The number of fused-ring (bicyclic) bond motifs is 1. The first kappa shape index (κ1) is 17.8. The summed E-state index contributed by atoms with van der Waals surface area (Å²) >= 11 is 0. The Hall–Kier alpha value is -2.60. The average Bonchev–Trinajstić information content (AvgIpc) is 2.72. The molecule has 0 saturated carbocycles. The Balaban J connectivity index is 1.65. The number of anilines is 1. The van der Waals surface area contributed by atoms with Crippen LogP contribution in [0, 0.1) is 5.92 Å². The van der Waals surface area contributed by atoms with E-state index in [4.69, 9.17) is 4.98 Å². The summed E-state index contributed by atoms with van der Waals surface area (Å²) in [6.45, 7) is 2.26. The summed E-state index contributed by atoms with van der Waals surface area (Å²) in [5.74, 6) is 1.65. The largest absolute Gasteiger partial charge is 0.363 e. The summed E-state index contributed by atoms with van der Waals surface area (Å²) in [6, 6.07) is 6.10. The predicted octanol–water partition coefficient (Wildman–Crippen LogP) is 3.09. The SMILES string of the molecule is CN(C)c1ccc(-c2cc3nccnc3c(CCC3CCCNC3)n2)cn1. The summed E-state index contributed by atoms with van der Waals surface area (Å²) in [6.07, 6.45) is 10.0. The van der Waals surface area contributed by atoms with Crippen molar-refractivity contribution >= 4 is 16.9 Å². The maximum absolute atomic E-state index is 4.95. The fourth-order valence-corrected chi connectivity index (χ4v) is 3.67. The maximum atomic E-state index is 4.95. The molecule has 0 radical (unpaired) electrons. The van der Waals surface area contributed by atoms with Gasteiger partial charge < -0.3 is 10.2 Å². The van der Waals surface area contributed by atoms with Gasteiger partial charge >= 0.3 is 0 Å². The molecule has 1 fully saturated rings. The highest BCUT2D eigenvalue weighted by Crippen LogP contribution is 2.25. The number of aromatic nitrogens is 4. The second-order valence-electron chi connectivity index (χ2n) is 7.43. The van der Waals surface area contributed by atoms with Gasteiger partial charge in [-0.15, -0.1) is 0 Å². The van der Waals surface area contributed by atoms with Crippen LogP contribution in [0.5, 0.6) is 0 Å². The molecule has 1 unspecified atom stereocenters. The second-order valence-corrected chi connectivity index (χ2v) is 7.43. The molecule has 27 heavy (non-hydrogen) atoms. The molecule has 1 aliphatic rings. The Labute approximate surface area is 160 Å². The molecule has 0 aromatic carbocycles. The van der Waals surface area contributed by atoms with Gasteiger partial charge in [0.25, 0.3) is 0 Å². The van der Waals surface area contributed by atoms with Gasteiger partial charge in [0.05, 0.1) is 16.9 Å². The first-order valence-electron chi connectivity index (χ1n) is 9.66. The zero-order valence-corrected chi connectivity index (χ0v) is 16.0. The van der Waals surface area contributed by atoms with Crippen molar-refractivity contribution in [3.63, 3.8) is 0 Å².